The zero-order valence-corrected chi connectivity index (χ0v) is 11.8. The Morgan fingerprint density at radius 3 is 2.94 bits per heavy atom. The molecule has 0 atom stereocenters. The van der Waals surface area contributed by atoms with E-state index >= 15 is 0 Å². The molecular weight excluding hydrogens is 266 g/mol. The molecule has 0 unspecified atom stereocenters. The Kier molecular flexibility index (Phi) is 4.22. The van der Waals surface area contributed by atoms with Gasteiger partial charge in [0.2, 0.25) is 5.91 Å². The van der Waals surface area contributed by atoms with Crippen LogP contribution in [0.1, 0.15) is 21.1 Å². The highest BCUT2D eigenvalue weighted by Crippen LogP contribution is 2.12. The molecule has 0 aliphatic rings. The average molecular weight is 279 g/mol. The molecule has 0 bridgehead atoms. The number of carbonyl (C=O) groups excluding carboxylic acids is 1. The molecule has 2 rings (SSSR count). The second-order valence-corrected chi connectivity index (χ2v) is 5.81. The van der Waals surface area contributed by atoms with Gasteiger partial charge in [-0.2, -0.15) is 5.10 Å². The number of thiophene rings is 1. The molecule has 1 N–H and O–H groups in total. The molecule has 2 heterocycles. The first-order valence-corrected chi connectivity index (χ1v) is 7.18. The summed E-state index contributed by atoms with van der Waals surface area (Å²) in [5, 5.41) is 8.79. The van der Waals surface area contributed by atoms with Crippen molar-refractivity contribution in [2.45, 2.75) is 20.3 Å². The van der Waals surface area contributed by atoms with Gasteiger partial charge in [0.25, 0.3) is 0 Å². The Bertz CT molecular complexity index is 571. The summed E-state index contributed by atoms with van der Waals surface area (Å²) in [7, 11) is 0. The van der Waals surface area contributed by atoms with E-state index in [0.29, 0.717) is 0 Å². The van der Waals surface area contributed by atoms with Gasteiger partial charge in [0.05, 0.1) is 23.3 Å². The minimum absolute atomic E-state index is 0.147. The third kappa shape index (κ3) is 3.48. The molecule has 2 aromatic rings. The summed E-state index contributed by atoms with van der Waals surface area (Å²) in [5.41, 5.74) is 4.46. The van der Waals surface area contributed by atoms with Gasteiger partial charge in [0.1, 0.15) is 0 Å². The molecule has 0 aromatic carbocycles. The lowest BCUT2D eigenvalue weighted by Crippen LogP contribution is -2.19. The summed E-state index contributed by atoms with van der Waals surface area (Å²) in [6, 6.07) is 2.02. The third-order valence-corrected chi connectivity index (χ3v) is 4.06. The van der Waals surface area contributed by atoms with Crippen LogP contribution in [0.15, 0.2) is 21.9 Å². The van der Waals surface area contributed by atoms with Crippen LogP contribution < -0.4 is 5.43 Å². The van der Waals surface area contributed by atoms with Gasteiger partial charge in [-0.05, 0) is 30.9 Å². The van der Waals surface area contributed by atoms with Crippen LogP contribution in [0.4, 0.5) is 0 Å². The number of carbonyl (C=O) groups is 1. The first kappa shape index (κ1) is 12.9. The first-order chi connectivity index (χ1) is 8.65. The molecule has 0 spiro atoms. The van der Waals surface area contributed by atoms with E-state index in [9.17, 15) is 4.79 Å². The van der Waals surface area contributed by atoms with Gasteiger partial charge < -0.3 is 0 Å². The van der Waals surface area contributed by atoms with E-state index in [0.717, 1.165) is 21.1 Å². The number of amides is 1. The monoisotopic (exact) mass is 279 g/mol. The van der Waals surface area contributed by atoms with Gasteiger partial charge in [0.15, 0.2) is 0 Å². The van der Waals surface area contributed by atoms with Crippen LogP contribution in [-0.2, 0) is 11.2 Å². The lowest BCUT2D eigenvalue weighted by atomic mass is 10.3. The largest absolute Gasteiger partial charge is 0.273 e. The summed E-state index contributed by atoms with van der Waals surface area (Å²) < 4.78 is 0. The molecule has 4 nitrogen and oxygen atoms in total. The standard InChI is InChI=1S/C12H13N3OS2/c1-8-3-4-17-11(8)6-13-15-12(16)5-10-7-18-9(2)14-10/h3-4,6-7H,5H2,1-2H3,(H,15,16). The van der Waals surface area contributed by atoms with E-state index < -0.39 is 0 Å². The molecule has 0 saturated heterocycles. The highest BCUT2D eigenvalue weighted by atomic mass is 32.1. The van der Waals surface area contributed by atoms with Crippen molar-refractivity contribution < 1.29 is 4.79 Å². The average Bonchev–Trinajstić information content (AvgIpc) is 2.89. The fourth-order valence-electron chi connectivity index (χ4n) is 1.37. The zero-order valence-electron chi connectivity index (χ0n) is 10.1. The molecule has 18 heavy (non-hydrogen) atoms. The molecule has 0 fully saturated rings. The quantitative estimate of drug-likeness (QED) is 0.690. The minimum atomic E-state index is -0.147. The Morgan fingerprint density at radius 1 is 1.50 bits per heavy atom. The Morgan fingerprint density at radius 2 is 2.33 bits per heavy atom. The van der Waals surface area contributed by atoms with Crippen LogP contribution in [0.5, 0.6) is 0 Å². The normalized spacial score (nSPS) is 11.0. The Hall–Kier alpha value is -1.53. The maximum absolute atomic E-state index is 11.6. The smallest absolute Gasteiger partial charge is 0.246 e. The number of rotatable bonds is 4. The van der Waals surface area contributed by atoms with Crippen molar-refractivity contribution in [1.29, 1.82) is 0 Å². The van der Waals surface area contributed by atoms with Gasteiger partial charge in [0, 0.05) is 10.3 Å². The lowest BCUT2D eigenvalue weighted by Gasteiger charge is -1.96. The molecular formula is C12H13N3OS2. The maximum atomic E-state index is 11.6. The zero-order chi connectivity index (χ0) is 13.0. The maximum Gasteiger partial charge on any atom is 0.246 e. The van der Waals surface area contributed by atoms with Gasteiger partial charge in [-0.25, -0.2) is 10.4 Å². The molecule has 0 aliphatic heterocycles. The Labute approximate surface area is 113 Å². The lowest BCUT2D eigenvalue weighted by molar-refractivity contribution is -0.120. The molecule has 1 amide bonds. The SMILES string of the molecule is Cc1nc(CC(=O)NN=Cc2sccc2C)cs1. The molecule has 0 aliphatic carbocycles. The van der Waals surface area contributed by atoms with E-state index in [2.05, 4.69) is 15.5 Å². The first-order valence-electron chi connectivity index (χ1n) is 5.42. The number of hydrazone groups is 1. The summed E-state index contributed by atoms with van der Waals surface area (Å²) in [6.45, 7) is 3.93. The van der Waals surface area contributed by atoms with Crippen molar-refractivity contribution in [2.24, 2.45) is 5.10 Å². The van der Waals surface area contributed by atoms with Crippen LogP contribution in [0.25, 0.3) is 0 Å². The second-order valence-electron chi connectivity index (χ2n) is 3.80. The van der Waals surface area contributed by atoms with Gasteiger partial charge in [-0.1, -0.05) is 0 Å². The number of nitrogens with zero attached hydrogens (tertiary/aromatic N) is 2. The van der Waals surface area contributed by atoms with Crippen molar-refractivity contribution in [2.75, 3.05) is 0 Å². The fourth-order valence-corrected chi connectivity index (χ4v) is 2.77. The third-order valence-electron chi connectivity index (χ3n) is 2.28. The van der Waals surface area contributed by atoms with E-state index in [-0.39, 0.29) is 12.3 Å². The summed E-state index contributed by atoms with van der Waals surface area (Å²) in [5.74, 6) is -0.147. The summed E-state index contributed by atoms with van der Waals surface area (Å²) in [4.78, 5) is 16.9. The number of thiazole rings is 1. The van der Waals surface area contributed by atoms with E-state index in [4.69, 9.17) is 0 Å². The van der Waals surface area contributed by atoms with E-state index in [1.807, 2.05) is 30.7 Å². The minimum Gasteiger partial charge on any atom is -0.273 e. The van der Waals surface area contributed by atoms with Crippen molar-refractivity contribution in [3.05, 3.63) is 38.0 Å². The Balaban J connectivity index is 1.85. The molecule has 94 valence electrons. The van der Waals surface area contributed by atoms with Crippen molar-refractivity contribution in [3.63, 3.8) is 0 Å². The molecule has 0 radical (unpaired) electrons. The highest BCUT2D eigenvalue weighted by molar-refractivity contribution is 7.11. The number of aryl methyl sites for hydroxylation is 2. The van der Waals surface area contributed by atoms with Crippen LogP contribution in [0, 0.1) is 13.8 Å². The van der Waals surface area contributed by atoms with Crippen LogP contribution in [-0.4, -0.2) is 17.1 Å². The van der Waals surface area contributed by atoms with Gasteiger partial charge in [-0.3, -0.25) is 4.79 Å². The van der Waals surface area contributed by atoms with E-state index in [1.54, 1.807) is 28.9 Å². The van der Waals surface area contributed by atoms with E-state index in [1.165, 1.54) is 0 Å². The number of hydrogen-bond acceptors (Lipinski definition) is 5. The summed E-state index contributed by atoms with van der Waals surface area (Å²) >= 11 is 3.14. The summed E-state index contributed by atoms with van der Waals surface area (Å²) in [6.07, 6.45) is 1.94. The number of nitrogens with one attached hydrogen (secondary N) is 1. The second kappa shape index (κ2) is 5.88. The van der Waals surface area contributed by atoms with Crippen molar-refractivity contribution in [1.82, 2.24) is 10.4 Å². The molecule has 2 aromatic heterocycles. The number of aromatic nitrogens is 1. The van der Waals surface area contributed by atoms with Crippen LogP contribution in [0.3, 0.4) is 0 Å². The topological polar surface area (TPSA) is 54.4 Å². The van der Waals surface area contributed by atoms with Crippen LogP contribution in [0.2, 0.25) is 0 Å². The van der Waals surface area contributed by atoms with Crippen molar-refractivity contribution >= 4 is 34.8 Å². The predicted octanol–water partition coefficient (Wildman–Crippen LogP) is 2.51. The van der Waals surface area contributed by atoms with Crippen LogP contribution >= 0.6 is 22.7 Å². The van der Waals surface area contributed by atoms with Gasteiger partial charge in [-0.15, -0.1) is 22.7 Å². The highest BCUT2D eigenvalue weighted by Gasteiger charge is 2.05. The predicted molar refractivity (Wildman–Crippen MR) is 75.3 cm³/mol. The molecule has 0 saturated carbocycles. The molecule has 6 heteroatoms. The van der Waals surface area contributed by atoms with Crippen molar-refractivity contribution in [3.8, 4) is 0 Å². The van der Waals surface area contributed by atoms with Gasteiger partial charge >= 0.3 is 0 Å². The number of hydrogen-bond donors (Lipinski definition) is 1. The fraction of sp³-hybridized carbons (Fsp3) is 0.250.